The second-order valence-corrected chi connectivity index (χ2v) is 9.93. The van der Waals surface area contributed by atoms with E-state index in [-0.39, 0.29) is 56.0 Å². The van der Waals surface area contributed by atoms with E-state index in [1.807, 2.05) is 0 Å². The molecule has 1 N–H and O–H groups in total. The highest BCUT2D eigenvalue weighted by molar-refractivity contribution is 5.99. The summed E-state index contributed by atoms with van der Waals surface area (Å²) in [4.78, 5) is 55.5. The van der Waals surface area contributed by atoms with Crippen LogP contribution in [-0.2, 0) is 32.0 Å². The Morgan fingerprint density at radius 3 is 2.65 bits per heavy atom. The summed E-state index contributed by atoms with van der Waals surface area (Å²) < 4.78 is 55.1. The van der Waals surface area contributed by atoms with Crippen LogP contribution in [0.4, 0.5) is 13.6 Å². The quantitative estimate of drug-likeness (QED) is 0.321. The van der Waals surface area contributed by atoms with E-state index >= 15 is 0 Å². The number of benzene rings is 1. The minimum atomic E-state index is -1.04. The fourth-order valence-electron chi connectivity index (χ4n) is 4.95. The number of nitrogens with zero attached hydrogens (tertiary/aromatic N) is 3. The van der Waals surface area contributed by atoms with Gasteiger partial charge in [0.15, 0.2) is 11.9 Å². The molecule has 43 heavy (non-hydrogen) atoms. The number of fused-ring (bicyclic) bond motifs is 2. The fourth-order valence-corrected chi connectivity index (χ4v) is 4.95. The third kappa shape index (κ3) is 7.24. The molecule has 0 spiro atoms. The zero-order valence-corrected chi connectivity index (χ0v) is 24.0. The molecule has 2 aromatic rings. The van der Waals surface area contributed by atoms with Crippen molar-refractivity contribution >= 4 is 30.4 Å². The van der Waals surface area contributed by atoms with Gasteiger partial charge in [-0.2, -0.15) is 0 Å². The average molecular weight is 629 g/mol. The van der Waals surface area contributed by atoms with Crippen LogP contribution < -0.4 is 15.5 Å². The number of amides is 2. The summed E-state index contributed by atoms with van der Waals surface area (Å²) in [5, 5.41) is 2.43. The lowest BCUT2D eigenvalue weighted by atomic mass is 10.1. The number of aromatic nitrogens is 1. The maximum atomic E-state index is 14.1. The van der Waals surface area contributed by atoms with Gasteiger partial charge in [-0.1, -0.05) is 6.07 Å². The number of carbonyl (C=O) groups excluding carboxylic acids is 3. The largest absolute Gasteiger partial charge is 0.511 e. The number of hydrogen-bond donors (Lipinski definition) is 1. The number of halogens is 3. The second kappa shape index (κ2) is 14.1. The Balaban J connectivity index is 0.00000423. The van der Waals surface area contributed by atoms with Crippen molar-refractivity contribution in [2.75, 3.05) is 52.9 Å². The Hall–Kier alpha value is -3.79. The van der Waals surface area contributed by atoms with E-state index in [1.165, 1.54) is 21.7 Å². The first-order chi connectivity index (χ1) is 20.2. The van der Waals surface area contributed by atoms with E-state index in [0.29, 0.717) is 25.8 Å². The maximum Gasteiger partial charge on any atom is 0.511 e. The van der Waals surface area contributed by atoms with E-state index < -0.39 is 59.4 Å². The number of rotatable bonds is 9. The molecular weight excluding hydrogens is 598 g/mol. The Morgan fingerprint density at radius 1 is 1.14 bits per heavy atom. The Morgan fingerprint density at radius 2 is 1.91 bits per heavy atom. The van der Waals surface area contributed by atoms with Crippen LogP contribution in [0.5, 0.6) is 5.75 Å². The van der Waals surface area contributed by atoms with Crippen molar-refractivity contribution in [1.29, 1.82) is 0 Å². The molecule has 2 atom stereocenters. The van der Waals surface area contributed by atoms with Gasteiger partial charge in [0.1, 0.15) is 23.8 Å². The summed E-state index contributed by atoms with van der Waals surface area (Å²) in [6.07, 6.45) is -0.471. The molecular formula is C27H31ClF2N4O9. The van der Waals surface area contributed by atoms with Gasteiger partial charge in [-0.25, -0.2) is 13.6 Å². The third-order valence-corrected chi connectivity index (χ3v) is 7.15. The lowest BCUT2D eigenvalue weighted by Crippen LogP contribution is -2.49. The summed E-state index contributed by atoms with van der Waals surface area (Å²) in [7, 11) is 0. The Kier molecular flexibility index (Phi) is 10.6. The van der Waals surface area contributed by atoms with Crippen LogP contribution in [-0.4, -0.2) is 97.5 Å². The van der Waals surface area contributed by atoms with Crippen molar-refractivity contribution < 1.29 is 46.8 Å². The molecule has 5 rings (SSSR count). The lowest BCUT2D eigenvalue weighted by molar-refractivity contribution is -0.00952. The molecule has 2 saturated heterocycles. The van der Waals surface area contributed by atoms with Crippen LogP contribution in [0.3, 0.4) is 0 Å². The highest BCUT2D eigenvalue weighted by Crippen LogP contribution is 2.30. The van der Waals surface area contributed by atoms with E-state index in [0.717, 1.165) is 19.2 Å². The molecule has 3 aliphatic rings. The molecule has 1 aromatic heterocycles. The minimum absolute atomic E-state index is 0. The van der Waals surface area contributed by atoms with E-state index in [4.69, 9.17) is 23.7 Å². The summed E-state index contributed by atoms with van der Waals surface area (Å²) in [6.45, 7) is 4.24. The van der Waals surface area contributed by atoms with E-state index in [2.05, 4.69) is 10.2 Å². The number of carbonyl (C=O) groups is 3. The molecule has 4 heterocycles. The molecule has 2 amide bonds. The van der Waals surface area contributed by atoms with Gasteiger partial charge in [0.2, 0.25) is 18.0 Å². The summed E-state index contributed by atoms with van der Waals surface area (Å²) >= 11 is 0. The van der Waals surface area contributed by atoms with Crippen molar-refractivity contribution in [1.82, 2.24) is 19.7 Å². The molecule has 234 valence electrons. The van der Waals surface area contributed by atoms with Crippen LogP contribution in [0.15, 0.2) is 29.2 Å². The summed E-state index contributed by atoms with van der Waals surface area (Å²) in [6, 6.07) is 2.61. The van der Waals surface area contributed by atoms with Crippen LogP contribution in [0.2, 0.25) is 0 Å². The first-order valence-corrected chi connectivity index (χ1v) is 13.4. The van der Waals surface area contributed by atoms with Crippen molar-refractivity contribution in [3.63, 3.8) is 0 Å². The van der Waals surface area contributed by atoms with Gasteiger partial charge in [-0.05, 0) is 13.0 Å². The third-order valence-electron chi connectivity index (χ3n) is 7.15. The molecule has 0 saturated carbocycles. The van der Waals surface area contributed by atoms with Crippen molar-refractivity contribution in [3.8, 4) is 5.75 Å². The Bertz CT molecular complexity index is 1420. The SMILES string of the molecule is C[C@H]1CO[C@@H]2Cn3cc(C(=O)NCc4ccc(F)cc4F)c(=O)c(OCOC(=O)OCCN4CCOCC4)c3C(=O)N12.Cl. The second-order valence-electron chi connectivity index (χ2n) is 9.93. The highest BCUT2D eigenvalue weighted by Gasteiger charge is 2.43. The van der Waals surface area contributed by atoms with E-state index in [1.54, 1.807) is 6.92 Å². The zero-order chi connectivity index (χ0) is 29.8. The smallest absolute Gasteiger partial charge is 0.451 e. The first kappa shape index (κ1) is 32.1. The van der Waals surface area contributed by atoms with E-state index in [9.17, 15) is 28.0 Å². The van der Waals surface area contributed by atoms with Crippen molar-refractivity contribution in [2.45, 2.75) is 32.3 Å². The Labute approximate surface area is 251 Å². The van der Waals surface area contributed by atoms with Crippen LogP contribution in [0.1, 0.15) is 33.3 Å². The van der Waals surface area contributed by atoms with Crippen LogP contribution in [0, 0.1) is 11.6 Å². The summed E-state index contributed by atoms with van der Waals surface area (Å²) in [5.74, 6) is -3.59. The summed E-state index contributed by atoms with van der Waals surface area (Å²) in [5.41, 5.74) is -1.49. The number of morpholine rings is 1. The normalized spacial score (nSPS) is 19.6. The molecule has 0 aliphatic carbocycles. The van der Waals surface area contributed by atoms with Crippen molar-refractivity contribution in [2.24, 2.45) is 0 Å². The van der Waals surface area contributed by atoms with Crippen molar-refractivity contribution in [3.05, 3.63) is 63.1 Å². The van der Waals surface area contributed by atoms with Gasteiger partial charge >= 0.3 is 6.16 Å². The standard InChI is InChI=1S/C27H30F2N4O9.ClH/c1-16-14-40-21-13-32-12-19(25(35)30-11-17-2-3-18(28)10-20(17)29)23(34)24(22(32)26(36)33(16)21)41-15-42-27(37)39-9-6-31-4-7-38-8-5-31;/h2-3,10,12,16,21H,4-9,11,13-15H2,1H3,(H,30,35);1H/t16-,21+;/m0./s1. The number of hydrogen-bond acceptors (Lipinski definition) is 10. The van der Waals surface area contributed by atoms with Gasteiger partial charge in [0.05, 0.1) is 32.4 Å². The molecule has 13 nitrogen and oxygen atoms in total. The van der Waals surface area contributed by atoms with Crippen LogP contribution in [0.25, 0.3) is 0 Å². The molecule has 2 fully saturated rings. The molecule has 0 radical (unpaired) electrons. The van der Waals surface area contributed by atoms with Gasteiger partial charge in [0.25, 0.3) is 11.8 Å². The average Bonchev–Trinajstić information content (AvgIpc) is 3.34. The molecule has 0 unspecified atom stereocenters. The van der Waals surface area contributed by atoms with Gasteiger partial charge in [-0.3, -0.25) is 19.3 Å². The van der Waals surface area contributed by atoms with Gasteiger partial charge in [-0.15, -0.1) is 12.4 Å². The number of nitrogens with one attached hydrogen (secondary N) is 1. The maximum absolute atomic E-state index is 14.1. The molecule has 0 bridgehead atoms. The minimum Gasteiger partial charge on any atom is -0.451 e. The molecule has 3 aliphatic heterocycles. The predicted molar refractivity (Wildman–Crippen MR) is 146 cm³/mol. The van der Waals surface area contributed by atoms with Gasteiger partial charge < -0.3 is 38.5 Å². The molecule has 1 aromatic carbocycles. The predicted octanol–water partition coefficient (Wildman–Crippen LogP) is 1.50. The zero-order valence-electron chi connectivity index (χ0n) is 23.2. The number of pyridine rings is 1. The highest BCUT2D eigenvalue weighted by atomic mass is 35.5. The van der Waals surface area contributed by atoms with Crippen LogP contribution >= 0.6 is 12.4 Å². The van der Waals surface area contributed by atoms with Gasteiger partial charge in [0, 0.05) is 44.0 Å². The molecule has 16 heteroatoms. The monoisotopic (exact) mass is 628 g/mol. The first-order valence-electron chi connectivity index (χ1n) is 13.4. The number of ether oxygens (including phenoxy) is 5. The topological polar surface area (TPSA) is 138 Å². The lowest BCUT2D eigenvalue weighted by Gasteiger charge is -2.34. The fraction of sp³-hybridized carbons (Fsp3) is 0.481.